The third-order valence-electron chi connectivity index (χ3n) is 3.02. The number of benzene rings is 1. The summed E-state index contributed by atoms with van der Waals surface area (Å²) >= 11 is 27.7. The molecule has 0 fully saturated rings. The van der Waals surface area contributed by atoms with E-state index in [1.807, 2.05) is 6.92 Å². The van der Waals surface area contributed by atoms with Gasteiger partial charge in [-0.05, 0) is 13.0 Å². The van der Waals surface area contributed by atoms with Crippen LogP contribution in [0, 0.1) is 0 Å². The average Bonchev–Trinajstić information content (AvgIpc) is 3.02. The Hall–Kier alpha value is -0.630. The first-order chi connectivity index (χ1) is 11.5. The summed E-state index contributed by atoms with van der Waals surface area (Å²) in [7, 11) is 0. The molecule has 1 aromatic carbocycles. The molecule has 3 aromatic rings. The fraction of sp³-hybridized carbons (Fsp3) is 0.143. The predicted molar refractivity (Wildman–Crippen MR) is 102 cm³/mol. The van der Waals surface area contributed by atoms with Gasteiger partial charge in [0.05, 0.1) is 26.3 Å². The highest BCUT2D eigenvalue weighted by atomic mass is 35.5. The van der Waals surface area contributed by atoms with Crippen molar-refractivity contribution in [3.05, 3.63) is 50.3 Å². The van der Waals surface area contributed by atoms with Crippen LogP contribution in [0.3, 0.4) is 0 Å². The summed E-state index contributed by atoms with van der Waals surface area (Å²) in [4.78, 5) is 8.24. The summed E-state index contributed by atoms with van der Waals surface area (Å²) in [6.45, 7) is 1.95. The molecule has 0 N–H and O–H groups in total. The van der Waals surface area contributed by atoms with Crippen molar-refractivity contribution < 1.29 is 0 Å². The van der Waals surface area contributed by atoms with Crippen LogP contribution < -0.4 is 0 Å². The number of nitrogens with zero attached hydrogens (tertiary/aromatic N) is 4. The van der Waals surface area contributed by atoms with Crippen LogP contribution in [-0.4, -0.2) is 20.2 Å². The number of hydrogen-bond donors (Lipinski definition) is 0. The van der Waals surface area contributed by atoms with Crippen LogP contribution in [0.1, 0.15) is 17.7 Å². The first kappa shape index (κ1) is 18.2. The van der Waals surface area contributed by atoms with Gasteiger partial charge in [-0.15, -0.1) is 10.2 Å². The SMILES string of the molecule is CC(Sc1nnc(-c2cnccn2)s1)c1c(Cl)c(Cl)cc(Cl)c1Cl. The van der Waals surface area contributed by atoms with E-state index in [0.717, 1.165) is 4.34 Å². The highest BCUT2D eigenvalue weighted by molar-refractivity contribution is 8.01. The van der Waals surface area contributed by atoms with Gasteiger partial charge < -0.3 is 0 Å². The van der Waals surface area contributed by atoms with Crippen LogP contribution in [0.25, 0.3) is 10.7 Å². The van der Waals surface area contributed by atoms with Crippen LogP contribution >= 0.6 is 69.5 Å². The first-order valence-corrected chi connectivity index (χ1v) is 9.77. The van der Waals surface area contributed by atoms with Crippen molar-refractivity contribution in [3.63, 3.8) is 0 Å². The van der Waals surface area contributed by atoms with Gasteiger partial charge in [-0.1, -0.05) is 69.5 Å². The maximum absolute atomic E-state index is 6.29. The van der Waals surface area contributed by atoms with Gasteiger partial charge in [0.25, 0.3) is 0 Å². The van der Waals surface area contributed by atoms with E-state index < -0.39 is 0 Å². The molecule has 0 aliphatic heterocycles. The van der Waals surface area contributed by atoms with E-state index >= 15 is 0 Å². The summed E-state index contributed by atoms with van der Waals surface area (Å²) < 4.78 is 0.756. The molecule has 0 amide bonds. The van der Waals surface area contributed by atoms with E-state index in [1.54, 1.807) is 18.6 Å². The molecule has 2 heterocycles. The Kier molecular flexibility index (Phi) is 5.85. The Bertz CT molecular complexity index is 846. The molecule has 0 spiro atoms. The maximum Gasteiger partial charge on any atom is 0.175 e. The summed E-state index contributed by atoms with van der Waals surface area (Å²) in [5.41, 5.74) is 1.36. The zero-order valence-electron chi connectivity index (χ0n) is 12.0. The maximum atomic E-state index is 6.29. The third kappa shape index (κ3) is 3.79. The van der Waals surface area contributed by atoms with Crippen molar-refractivity contribution in [2.45, 2.75) is 16.5 Å². The van der Waals surface area contributed by atoms with Crippen molar-refractivity contribution in [2.75, 3.05) is 0 Å². The highest BCUT2D eigenvalue weighted by Crippen LogP contribution is 2.47. The molecule has 10 heteroatoms. The minimum Gasteiger partial charge on any atom is -0.261 e. The van der Waals surface area contributed by atoms with Crippen molar-refractivity contribution in [1.82, 2.24) is 20.2 Å². The smallest absolute Gasteiger partial charge is 0.175 e. The van der Waals surface area contributed by atoms with E-state index in [2.05, 4.69) is 20.2 Å². The number of rotatable bonds is 4. The van der Waals surface area contributed by atoms with Crippen molar-refractivity contribution >= 4 is 69.5 Å². The van der Waals surface area contributed by atoms with E-state index in [-0.39, 0.29) is 5.25 Å². The van der Waals surface area contributed by atoms with Gasteiger partial charge in [-0.25, -0.2) is 0 Å². The molecule has 0 saturated carbocycles. The molecule has 1 atom stereocenters. The fourth-order valence-corrected chi connectivity index (χ4v) is 5.35. The number of aromatic nitrogens is 4. The lowest BCUT2D eigenvalue weighted by molar-refractivity contribution is 0.997. The topological polar surface area (TPSA) is 51.6 Å². The standard InChI is InChI=1S/C14H8Cl4N4S2/c1-6(10-11(17)7(15)4-8(16)12(10)18)23-14-22-21-13(24-14)9-5-19-2-3-20-9/h2-6H,1H3. The first-order valence-electron chi connectivity index (χ1n) is 6.56. The van der Waals surface area contributed by atoms with Gasteiger partial charge >= 0.3 is 0 Å². The highest BCUT2D eigenvalue weighted by Gasteiger charge is 2.21. The molecule has 1 unspecified atom stereocenters. The van der Waals surface area contributed by atoms with Crippen molar-refractivity contribution in [2.24, 2.45) is 0 Å². The van der Waals surface area contributed by atoms with Gasteiger partial charge in [-0.3, -0.25) is 9.97 Å². The normalized spacial score (nSPS) is 12.4. The van der Waals surface area contributed by atoms with Crippen molar-refractivity contribution in [3.8, 4) is 10.7 Å². The Morgan fingerprint density at radius 2 is 1.75 bits per heavy atom. The Balaban J connectivity index is 1.86. The molecule has 0 bridgehead atoms. The number of hydrogen-bond acceptors (Lipinski definition) is 6. The van der Waals surface area contributed by atoms with Crippen molar-refractivity contribution in [1.29, 1.82) is 0 Å². The van der Waals surface area contributed by atoms with E-state index in [1.165, 1.54) is 29.2 Å². The Morgan fingerprint density at radius 3 is 2.38 bits per heavy atom. The van der Waals surface area contributed by atoms with Crippen LogP contribution in [-0.2, 0) is 0 Å². The van der Waals surface area contributed by atoms with Gasteiger partial charge in [-0.2, -0.15) is 0 Å². The molecular formula is C14H8Cl4N4S2. The summed E-state index contributed by atoms with van der Waals surface area (Å²) in [6, 6.07) is 1.53. The number of halogens is 4. The molecule has 124 valence electrons. The molecule has 0 aliphatic carbocycles. The van der Waals surface area contributed by atoms with Gasteiger partial charge in [0.1, 0.15) is 5.69 Å². The summed E-state index contributed by atoms with van der Waals surface area (Å²) in [6.07, 6.45) is 4.86. The summed E-state index contributed by atoms with van der Waals surface area (Å²) in [5.74, 6) is 0. The molecule has 4 nitrogen and oxygen atoms in total. The molecule has 0 radical (unpaired) electrons. The molecule has 0 saturated heterocycles. The zero-order valence-corrected chi connectivity index (χ0v) is 16.7. The average molecular weight is 438 g/mol. The Labute approximate surface area is 166 Å². The van der Waals surface area contributed by atoms with E-state index in [9.17, 15) is 0 Å². The lowest BCUT2D eigenvalue weighted by atomic mass is 10.1. The molecule has 2 aromatic heterocycles. The molecular weight excluding hydrogens is 430 g/mol. The molecule has 3 rings (SSSR count). The van der Waals surface area contributed by atoms with Crippen LogP contribution in [0.2, 0.25) is 20.1 Å². The third-order valence-corrected chi connectivity index (χ3v) is 6.77. The second kappa shape index (κ2) is 7.72. The van der Waals surface area contributed by atoms with E-state index in [4.69, 9.17) is 46.4 Å². The lowest BCUT2D eigenvalue weighted by Crippen LogP contribution is -1.93. The number of thioether (sulfide) groups is 1. The fourth-order valence-electron chi connectivity index (χ4n) is 1.93. The predicted octanol–water partition coefficient (Wildman–Crippen LogP) is 6.46. The largest absolute Gasteiger partial charge is 0.261 e. The van der Waals surface area contributed by atoms with Gasteiger partial charge in [0.15, 0.2) is 9.35 Å². The van der Waals surface area contributed by atoms with Crippen LogP contribution in [0.15, 0.2) is 29.0 Å². The molecule has 0 aliphatic rings. The minimum absolute atomic E-state index is 0.108. The second-order valence-electron chi connectivity index (χ2n) is 4.61. The van der Waals surface area contributed by atoms with Crippen LogP contribution in [0.5, 0.6) is 0 Å². The quantitative estimate of drug-likeness (QED) is 0.346. The second-order valence-corrected chi connectivity index (χ2v) is 8.74. The van der Waals surface area contributed by atoms with E-state index in [0.29, 0.717) is 36.4 Å². The summed E-state index contributed by atoms with van der Waals surface area (Å²) in [5, 5.41) is 10.4. The van der Waals surface area contributed by atoms with Gasteiger partial charge in [0, 0.05) is 23.2 Å². The molecule has 24 heavy (non-hydrogen) atoms. The van der Waals surface area contributed by atoms with Gasteiger partial charge in [0.2, 0.25) is 0 Å². The monoisotopic (exact) mass is 436 g/mol. The van der Waals surface area contributed by atoms with Crippen LogP contribution in [0.4, 0.5) is 0 Å². The zero-order chi connectivity index (χ0) is 17.3. The Morgan fingerprint density at radius 1 is 1.04 bits per heavy atom. The minimum atomic E-state index is -0.108. The lowest BCUT2D eigenvalue weighted by Gasteiger charge is -2.15.